The molecule has 2 atom stereocenters. The molecule has 0 aliphatic carbocycles. The minimum Gasteiger partial charge on any atom is -0.375 e. The number of hydrogen-bond donors (Lipinski definition) is 1. The number of nitrogens with zero attached hydrogens (tertiary/aromatic N) is 2. The molecule has 0 spiro atoms. The zero-order valence-electron chi connectivity index (χ0n) is 15.4. The molecule has 3 rings (SSSR count). The standard InChI is InChI=1S/C18H29N3O2S.HI/c1-18(2,16-7-5-11-24-16)13-20-17(19-3)21-8-10-23-15(12-21)14-6-4-9-22-14;/h5,7,11,14-15H,4,6,8-10,12-13H2,1-3H3,(H,19,20);1H. The summed E-state index contributed by atoms with van der Waals surface area (Å²) >= 11 is 1.81. The molecular weight excluding hydrogens is 449 g/mol. The lowest BCUT2D eigenvalue weighted by atomic mass is 9.91. The van der Waals surface area contributed by atoms with Crippen LogP contribution >= 0.6 is 35.3 Å². The third-order valence-corrected chi connectivity index (χ3v) is 6.10. The third kappa shape index (κ3) is 5.30. The smallest absolute Gasteiger partial charge is 0.193 e. The highest BCUT2D eigenvalue weighted by Gasteiger charge is 2.32. The van der Waals surface area contributed by atoms with Crippen LogP contribution in [0.25, 0.3) is 0 Å². The van der Waals surface area contributed by atoms with E-state index in [0.717, 1.165) is 51.6 Å². The second-order valence-electron chi connectivity index (χ2n) is 7.17. The topological polar surface area (TPSA) is 46.1 Å². The Balaban J connectivity index is 0.00000225. The number of thiophene rings is 1. The first-order chi connectivity index (χ1) is 11.6. The number of ether oxygens (including phenoxy) is 2. The van der Waals surface area contributed by atoms with Gasteiger partial charge in [-0.1, -0.05) is 19.9 Å². The van der Waals surface area contributed by atoms with Crippen molar-refractivity contribution >= 4 is 41.3 Å². The molecule has 2 unspecified atom stereocenters. The van der Waals surface area contributed by atoms with E-state index in [-0.39, 0.29) is 41.6 Å². The summed E-state index contributed by atoms with van der Waals surface area (Å²) in [5.41, 5.74) is 0.0877. The molecular formula is C18H30IN3O2S. The highest BCUT2D eigenvalue weighted by Crippen LogP contribution is 2.27. The van der Waals surface area contributed by atoms with Crippen LogP contribution in [-0.2, 0) is 14.9 Å². The van der Waals surface area contributed by atoms with E-state index in [9.17, 15) is 0 Å². The van der Waals surface area contributed by atoms with Gasteiger partial charge in [0.25, 0.3) is 0 Å². The highest BCUT2D eigenvalue weighted by molar-refractivity contribution is 14.0. The molecule has 1 aromatic heterocycles. The second-order valence-corrected chi connectivity index (χ2v) is 8.12. The summed E-state index contributed by atoms with van der Waals surface area (Å²) in [6.45, 7) is 8.74. The van der Waals surface area contributed by atoms with Gasteiger partial charge in [-0.3, -0.25) is 4.99 Å². The summed E-state index contributed by atoms with van der Waals surface area (Å²) in [7, 11) is 1.86. The summed E-state index contributed by atoms with van der Waals surface area (Å²) < 4.78 is 11.8. The Morgan fingerprint density at radius 3 is 2.80 bits per heavy atom. The summed E-state index contributed by atoms with van der Waals surface area (Å²) in [5, 5.41) is 5.70. The van der Waals surface area contributed by atoms with Crippen molar-refractivity contribution in [2.24, 2.45) is 4.99 Å². The van der Waals surface area contributed by atoms with Gasteiger partial charge in [-0.25, -0.2) is 0 Å². The highest BCUT2D eigenvalue weighted by atomic mass is 127. The number of halogens is 1. The van der Waals surface area contributed by atoms with Gasteiger partial charge in [0.15, 0.2) is 5.96 Å². The van der Waals surface area contributed by atoms with E-state index in [1.165, 1.54) is 4.88 Å². The van der Waals surface area contributed by atoms with E-state index < -0.39 is 0 Å². The number of morpholine rings is 1. The lowest BCUT2D eigenvalue weighted by Crippen LogP contribution is -2.54. The van der Waals surface area contributed by atoms with Crippen molar-refractivity contribution in [1.29, 1.82) is 0 Å². The van der Waals surface area contributed by atoms with Gasteiger partial charge in [0, 0.05) is 43.6 Å². The maximum Gasteiger partial charge on any atom is 0.193 e. The van der Waals surface area contributed by atoms with Crippen molar-refractivity contribution in [3.05, 3.63) is 22.4 Å². The lowest BCUT2D eigenvalue weighted by molar-refractivity contribution is -0.0817. The van der Waals surface area contributed by atoms with Crippen molar-refractivity contribution in [1.82, 2.24) is 10.2 Å². The molecule has 1 aromatic rings. The zero-order chi connectivity index (χ0) is 17.0. The number of rotatable bonds is 4. The molecule has 0 radical (unpaired) electrons. The fourth-order valence-electron chi connectivity index (χ4n) is 3.37. The van der Waals surface area contributed by atoms with Gasteiger partial charge in [-0.15, -0.1) is 35.3 Å². The molecule has 2 saturated heterocycles. The van der Waals surface area contributed by atoms with Gasteiger partial charge in [0.2, 0.25) is 0 Å². The van der Waals surface area contributed by atoms with Gasteiger partial charge in [0.1, 0.15) is 6.10 Å². The van der Waals surface area contributed by atoms with Gasteiger partial charge >= 0.3 is 0 Å². The Hall–Kier alpha value is -0.380. The predicted molar refractivity (Wildman–Crippen MR) is 114 cm³/mol. The van der Waals surface area contributed by atoms with E-state index in [4.69, 9.17) is 9.47 Å². The quantitative estimate of drug-likeness (QED) is 0.410. The summed E-state index contributed by atoms with van der Waals surface area (Å²) in [6, 6.07) is 4.32. The molecule has 0 saturated carbocycles. The molecule has 0 aromatic carbocycles. The molecule has 2 fully saturated rings. The van der Waals surface area contributed by atoms with Crippen LogP contribution in [0.1, 0.15) is 31.6 Å². The molecule has 7 heteroatoms. The van der Waals surface area contributed by atoms with Crippen molar-refractivity contribution in [3.8, 4) is 0 Å². The van der Waals surface area contributed by atoms with E-state index >= 15 is 0 Å². The van der Waals surface area contributed by atoms with Gasteiger partial charge < -0.3 is 19.7 Å². The van der Waals surface area contributed by atoms with Gasteiger partial charge in [-0.05, 0) is 24.3 Å². The van der Waals surface area contributed by atoms with E-state index in [1.54, 1.807) is 0 Å². The molecule has 2 aliphatic rings. The summed E-state index contributed by atoms with van der Waals surface area (Å²) in [5.74, 6) is 0.964. The van der Waals surface area contributed by atoms with E-state index in [2.05, 4.69) is 46.6 Å². The Morgan fingerprint density at radius 1 is 1.36 bits per heavy atom. The Morgan fingerprint density at radius 2 is 2.16 bits per heavy atom. The minimum absolute atomic E-state index is 0. The predicted octanol–water partition coefficient (Wildman–Crippen LogP) is 3.10. The second kappa shape index (κ2) is 9.53. The van der Waals surface area contributed by atoms with E-state index in [0.29, 0.717) is 0 Å². The molecule has 1 N–H and O–H groups in total. The fourth-order valence-corrected chi connectivity index (χ4v) is 4.22. The monoisotopic (exact) mass is 479 g/mol. The van der Waals surface area contributed by atoms with Crippen molar-refractivity contribution in [2.75, 3.05) is 39.9 Å². The third-order valence-electron chi connectivity index (χ3n) is 4.86. The molecule has 142 valence electrons. The Labute approximate surface area is 172 Å². The van der Waals surface area contributed by atoms with Crippen LogP contribution in [0.3, 0.4) is 0 Å². The van der Waals surface area contributed by atoms with Gasteiger partial charge in [-0.2, -0.15) is 0 Å². The largest absolute Gasteiger partial charge is 0.375 e. The van der Waals surface area contributed by atoms with E-state index in [1.807, 2.05) is 18.4 Å². The number of nitrogens with one attached hydrogen (secondary N) is 1. The molecule has 5 nitrogen and oxygen atoms in total. The maximum absolute atomic E-state index is 5.94. The van der Waals surface area contributed by atoms with Crippen LogP contribution in [-0.4, -0.2) is 63.0 Å². The van der Waals surface area contributed by atoms with Crippen LogP contribution in [0.4, 0.5) is 0 Å². The van der Waals surface area contributed by atoms with Crippen molar-refractivity contribution in [3.63, 3.8) is 0 Å². The number of aliphatic imine (C=N–C) groups is 1. The van der Waals surface area contributed by atoms with Crippen molar-refractivity contribution < 1.29 is 9.47 Å². The maximum atomic E-state index is 5.94. The normalized spacial score (nSPS) is 24.9. The average molecular weight is 479 g/mol. The molecule has 0 bridgehead atoms. The van der Waals surface area contributed by atoms with Gasteiger partial charge in [0.05, 0.1) is 12.7 Å². The Bertz CT molecular complexity index is 545. The van der Waals surface area contributed by atoms with Crippen LogP contribution in [0, 0.1) is 0 Å². The Kier molecular flexibility index (Phi) is 7.97. The number of hydrogen-bond acceptors (Lipinski definition) is 4. The molecule has 3 heterocycles. The lowest BCUT2D eigenvalue weighted by Gasteiger charge is -2.38. The fraction of sp³-hybridized carbons (Fsp3) is 0.722. The summed E-state index contributed by atoms with van der Waals surface area (Å²) in [4.78, 5) is 8.19. The van der Waals surface area contributed by atoms with Crippen LogP contribution in [0.5, 0.6) is 0 Å². The first-order valence-corrected chi connectivity index (χ1v) is 9.71. The minimum atomic E-state index is 0. The van der Waals surface area contributed by atoms with Crippen LogP contribution in [0.15, 0.2) is 22.5 Å². The summed E-state index contributed by atoms with van der Waals surface area (Å²) in [6.07, 6.45) is 2.65. The average Bonchev–Trinajstić information content (AvgIpc) is 3.29. The number of guanidine groups is 1. The molecule has 0 amide bonds. The van der Waals surface area contributed by atoms with Crippen LogP contribution in [0.2, 0.25) is 0 Å². The first kappa shape index (κ1) is 20.9. The van der Waals surface area contributed by atoms with Crippen molar-refractivity contribution in [2.45, 2.75) is 44.3 Å². The van der Waals surface area contributed by atoms with Crippen LogP contribution < -0.4 is 5.32 Å². The molecule has 25 heavy (non-hydrogen) atoms. The zero-order valence-corrected chi connectivity index (χ0v) is 18.5. The molecule has 2 aliphatic heterocycles. The first-order valence-electron chi connectivity index (χ1n) is 8.83. The SMILES string of the molecule is CN=C(NCC(C)(C)c1cccs1)N1CCOC(C2CCCO2)C1.I.